The van der Waals surface area contributed by atoms with E-state index in [1.165, 1.54) is 24.3 Å². The van der Waals surface area contributed by atoms with Crippen LogP contribution in [0.15, 0.2) is 30.3 Å². The predicted octanol–water partition coefficient (Wildman–Crippen LogP) is 0.599. The predicted molar refractivity (Wildman–Crippen MR) is 49.2 cm³/mol. The number of carbonyl (C=O) groups is 2. The van der Waals surface area contributed by atoms with E-state index in [1.54, 1.807) is 6.07 Å². The molecule has 1 unspecified atom stereocenters. The Labute approximate surface area is 84.3 Å². The Kier molecular flexibility index (Phi) is 3.12. The molecule has 0 saturated heterocycles. The monoisotopic (exact) mass is 209 g/mol. The van der Waals surface area contributed by atoms with Gasteiger partial charge in [0.25, 0.3) is 0 Å². The van der Waals surface area contributed by atoms with Crippen LogP contribution in [0.4, 0.5) is 0 Å². The summed E-state index contributed by atoms with van der Waals surface area (Å²) in [5.74, 6) is -2.78. The van der Waals surface area contributed by atoms with Gasteiger partial charge in [-0.15, -0.1) is 0 Å². The summed E-state index contributed by atoms with van der Waals surface area (Å²) in [4.78, 5) is 31.1. The molecule has 0 bridgehead atoms. The molecule has 0 fully saturated rings. The number of hydrogen-bond donors (Lipinski definition) is 1. The highest BCUT2D eigenvalue weighted by molar-refractivity contribution is 6.10. The second kappa shape index (κ2) is 4.32. The van der Waals surface area contributed by atoms with Crippen LogP contribution in [0, 0.1) is 10.1 Å². The number of ketones is 1. The summed E-state index contributed by atoms with van der Waals surface area (Å²) >= 11 is 0. The standard InChI is InChI=1S/C9H7NO5/c11-8(6-4-2-1-3-5-6)7(9(12)13)10(14)15/h1-5,7H,(H,12,13). The Hall–Kier alpha value is -2.24. The molecule has 1 atom stereocenters. The maximum atomic E-state index is 11.4. The summed E-state index contributed by atoms with van der Waals surface area (Å²) in [6.07, 6.45) is 0. The number of carboxylic acids is 1. The summed E-state index contributed by atoms with van der Waals surface area (Å²) in [6, 6.07) is 5.08. The Morgan fingerprint density at radius 2 is 1.80 bits per heavy atom. The summed E-state index contributed by atoms with van der Waals surface area (Å²) in [5, 5.41) is 18.9. The molecule has 1 aromatic rings. The topological polar surface area (TPSA) is 97.5 Å². The quantitative estimate of drug-likeness (QED) is 0.339. The first-order chi connectivity index (χ1) is 7.04. The van der Waals surface area contributed by atoms with Crippen LogP contribution < -0.4 is 0 Å². The Morgan fingerprint density at radius 1 is 1.27 bits per heavy atom. The molecule has 0 spiro atoms. The lowest BCUT2D eigenvalue weighted by atomic mass is 10.1. The first-order valence-electron chi connectivity index (χ1n) is 3.99. The molecule has 0 aromatic heterocycles. The number of benzene rings is 1. The van der Waals surface area contributed by atoms with E-state index >= 15 is 0 Å². The minimum Gasteiger partial charge on any atom is -0.476 e. The third-order valence-electron chi connectivity index (χ3n) is 1.75. The zero-order valence-corrected chi connectivity index (χ0v) is 7.49. The van der Waals surface area contributed by atoms with Crippen molar-refractivity contribution in [1.29, 1.82) is 0 Å². The van der Waals surface area contributed by atoms with Crippen LogP contribution in [0.2, 0.25) is 0 Å². The zero-order valence-electron chi connectivity index (χ0n) is 7.49. The Balaban J connectivity index is 3.02. The fraction of sp³-hybridized carbons (Fsp3) is 0.111. The van der Waals surface area contributed by atoms with Crippen LogP contribution in [-0.2, 0) is 4.79 Å². The van der Waals surface area contributed by atoms with Crippen LogP contribution in [0.25, 0.3) is 0 Å². The highest BCUT2D eigenvalue weighted by Crippen LogP contribution is 2.05. The van der Waals surface area contributed by atoms with Crippen molar-refractivity contribution in [2.75, 3.05) is 0 Å². The van der Waals surface area contributed by atoms with E-state index in [0.29, 0.717) is 0 Å². The highest BCUT2D eigenvalue weighted by atomic mass is 16.6. The minimum atomic E-state index is -2.23. The molecule has 0 aliphatic rings. The van der Waals surface area contributed by atoms with Gasteiger partial charge in [-0.25, -0.2) is 4.79 Å². The van der Waals surface area contributed by atoms with Crippen molar-refractivity contribution < 1.29 is 19.6 Å². The molecule has 6 nitrogen and oxygen atoms in total. The van der Waals surface area contributed by atoms with Gasteiger partial charge in [0.05, 0.1) is 0 Å². The number of aliphatic carboxylic acids is 1. The van der Waals surface area contributed by atoms with Gasteiger partial charge in [-0.3, -0.25) is 14.9 Å². The third kappa shape index (κ3) is 2.37. The molecular formula is C9H7NO5. The molecule has 1 aromatic carbocycles. The van der Waals surface area contributed by atoms with Crippen LogP contribution in [0.5, 0.6) is 0 Å². The van der Waals surface area contributed by atoms with E-state index in [0.717, 1.165) is 0 Å². The molecule has 0 aliphatic heterocycles. The number of nitro groups is 1. The molecule has 0 radical (unpaired) electrons. The summed E-state index contributed by atoms with van der Waals surface area (Å²) in [5.41, 5.74) is 0.0154. The van der Waals surface area contributed by atoms with Gasteiger partial charge in [0, 0.05) is 10.5 Å². The first kappa shape index (κ1) is 10.8. The fourth-order valence-corrected chi connectivity index (χ4v) is 1.06. The maximum absolute atomic E-state index is 11.4. The van der Waals surface area contributed by atoms with Crippen LogP contribution in [0.1, 0.15) is 10.4 Å². The van der Waals surface area contributed by atoms with Crippen molar-refractivity contribution in [2.24, 2.45) is 0 Å². The van der Waals surface area contributed by atoms with Gasteiger partial charge in [0.1, 0.15) is 0 Å². The van der Waals surface area contributed by atoms with E-state index < -0.39 is 22.7 Å². The number of carbonyl (C=O) groups excluding carboxylic acids is 1. The average Bonchev–Trinajstić information content (AvgIpc) is 2.18. The van der Waals surface area contributed by atoms with Gasteiger partial charge in [-0.1, -0.05) is 30.3 Å². The molecule has 78 valence electrons. The van der Waals surface area contributed by atoms with E-state index in [4.69, 9.17) is 5.11 Å². The molecule has 0 amide bonds. The van der Waals surface area contributed by atoms with Gasteiger partial charge in [-0.2, -0.15) is 0 Å². The first-order valence-corrected chi connectivity index (χ1v) is 3.99. The van der Waals surface area contributed by atoms with Crippen molar-refractivity contribution in [1.82, 2.24) is 0 Å². The number of Topliss-reactive ketones (excluding diaryl/α,β-unsaturated/α-hetero) is 1. The van der Waals surface area contributed by atoms with Crippen LogP contribution in [0.3, 0.4) is 0 Å². The second-order valence-corrected chi connectivity index (χ2v) is 2.76. The van der Waals surface area contributed by atoms with Crippen molar-refractivity contribution in [2.45, 2.75) is 6.04 Å². The maximum Gasteiger partial charge on any atom is 0.387 e. The van der Waals surface area contributed by atoms with Crippen molar-refractivity contribution >= 4 is 11.8 Å². The molecule has 1 rings (SSSR count). The number of rotatable bonds is 4. The lowest BCUT2D eigenvalue weighted by Gasteiger charge is -2.03. The van der Waals surface area contributed by atoms with E-state index in [9.17, 15) is 19.7 Å². The molecular weight excluding hydrogens is 202 g/mol. The van der Waals surface area contributed by atoms with Gasteiger partial charge in [-0.05, 0) is 0 Å². The lowest BCUT2D eigenvalue weighted by molar-refractivity contribution is -0.493. The smallest absolute Gasteiger partial charge is 0.387 e. The van der Waals surface area contributed by atoms with Gasteiger partial charge < -0.3 is 5.11 Å². The molecule has 1 N–H and O–H groups in total. The largest absolute Gasteiger partial charge is 0.476 e. The van der Waals surface area contributed by atoms with E-state index in [-0.39, 0.29) is 5.56 Å². The summed E-state index contributed by atoms with van der Waals surface area (Å²) in [6.45, 7) is 0. The van der Waals surface area contributed by atoms with Crippen LogP contribution >= 0.6 is 0 Å². The Bertz CT molecular complexity index is 386. The molecule has 0 saturated carbocycles. The molecule has 0 heterocycles. The fourth-order valence-electron chi connectivity index (χ4n) is 1.06. The molecule has 6 heteroatoms. The van der Waals surface area contributed by atoms with Crippen molar-refractivity contribution in [3.8, 4) is 0 Å². The minimum absolute atomic E-state index is 0.0154. The highest BCUT2D eigenvalue weighted by Gasteiger charge is 2.38. The van der Waals surface area contributed by atoms with Crippen LogP contribution in [-0.4, -0.2) is 27.8 Å². The second-order valence-electron chi connectivity index (χ2n) is 2.76. The SMILES string of the molecule is O=C(O)C(C(=O)c1ccccc1)[N+](=O)[O-]. The number of carboxylic acid groups (broad SMARTS) is 1. The third-order valence-corrected chi connectivity index (χ3v) is 1.75. The number of hydrogen-bond acceptors (Lipinski definition) is 4. The summed E-state index contributed by atoms with van der Waals surface area (Å²) in [7, 11) is 0. The van der Waals surface area contributed by atoms with Gasteiger partial charge in [0.15, 0.2) is 0 Å². The Morgan fingerprint density at radius 3 is 2.20 bits per heavy atom. The number of nitrogens with zero attached hydrogens (tertiary/aromatic N) is 1. The van der Waals surface area contributed by atoms with Gasteiger partial charge >= 0.3 is 12.0 Å². The van der Waals surface area contributed by atoms with Crippen molar-refractivity contribution in [3.63, 3.8) is 0 Å². The van der Waals surface area contributed by atoms with Crippen molar-refractivity contribution in [3.05, 3.63) is 46.0 Å². The normalized spacial score (nSPS) is 11.7. The van der Waals surface area contributed by atoms with E-state index in [1.807, 2.05) is 0 Å². The zero-order chi connectivity index (χ0) is 11.4. The van der Waals surface area contributed by atoms with Gasteiger partial charge in [0.2, 0.25) is 5.78 Å². The van der Waals surface area contributed by atoms with E-state index in [2.05, 4.69) is 0 Å². The molecule has 15 heavy (non-hydrogen) atoms. The molecule has 0 aliphatic carbocycles. The average molecular weight is 209 g/mol. The lowest BCUT2D eigenvalue weighted by Crippen LogP contribution is -2.37. The summed E-state index contributed by atoms with van der Waals surface area (Å²) < 4.78 is 0.